The Balaban J connectivity index is 0.000000279. The predicted molar refractivity (Wildman–Crippen MR) is 120 cm³/mol. The van der Waals surface area contributed by atoms with Crippen molar-refractivity contribution in [1.29, 1.82) is 0 Å². The van der Waals surface area contributed by atoms with Crippen LogP contribution in [0.5, 0.6) is 0 Å². The Labute approximate surface area is 164 Å². The molecule has 0 amide bonds. The zero-order valence-corrected chi connectivity index (χ0v) is 17.7. The van der Waals surface area contributed by atoms with Crippen molar-refractivity contribution in [1.82, 2.24) is 4.98 Å². The zero-order valence-electron chi connectivity index (χ0n) is 17.7. The van der Waals surface area contributed by atoms with Gasteiger partial charge < -0.3 is 10.7 Å². The van der Waals surface area contributed by atoms with Crippen LogP contribution in [0, 0.1) is 33.6 Å². The number of allylic oxidation sites excluding steroid dienone is 1. The van der Waals surface area contributed by atoms with Gasteiger partial charge in [-0.1, -0.05) is 54.5 Å². The van der Waals surface area contributed by atoms with Crippen LogP contribution < -0.4 is 5.73 Å². The van der Waals surface area contributed by atoms with Crippen LogP contribution in [0.15, 0.2) is 49.1 Å². The summed E-state index contributed by atoms with van der Waals surface area (Å²) in [7, 11) is 0. The minimum absolute atomic E-state index is 0.308. The average Bonchev–Trinajstić information content (AvgIpc) is 2.93. The topological polar surface area (TPSA) is 41.8 Å². The maximum Gasteiger partial charge on any atom is 0.0494 e. The Morgan fingerprint density at radius 1 is 1.00 bits per heavy atom. The lowest BCUT2D eigenvalue weighted by atomic mass is 10.0. The summed E-state index contributed by atoms with van der Waals surface area (Å²) in [5, 5.41) is 1.34. The molecule has 0 saturated carbocycles. The fraction of sp³-hybridized carbons (Fsp3) is 0.360. The van der Waals surface area contributed by atoms with Crippen molar-refractivity contribution in [2.75, 3.05) is 0 Å². The van der Waals surface area contributed by atoms with Gasteiger partial charge in [0.1, 0.15) is 0 Å². The van der Waals surface area contributed by atoms with Crippen LogP contribution in [0.25, 0.3) is 22.2 Å². The van der Waals surface area contributed by atoms with E-state index in [9.17, 15) is 0 Å². The molecular weight excluding hydrogens is 328 g/mol. The maximum atomic E-state index is 5.52. The normalized spacial score (nSPS) is 13.0. The van der Waals surface area contributed by atoms with Crippen LogP contribution in [-0.4, -0.2) is 11.0 Å². The van der Waals surface area contributed by atoms with Gasteiger partial charge in [-0.15, -0.1) is 6.58 Å². The highest BCUT2D eigenvalue weighted by Crippen LogP contribution is 2.32. The van der Waals surface area contributed by atoms with Crippen molar-refractivity contribution in [3.05, 3.63) is 71.3 Å². The highest BCUT2D eigenvalue weighted by Gasteiger charge is 2.11. The van der Waals surface area contributed by atoms with E-state index in [-0.39, 0.29) is 0 Å². The highest BCUT2D eigenvalue weighted by atomic mass is 14.7. The van der Waals surface area contributed by atoms with Gasteiger partial charge in [-0.3, -0.25) is 0 Å². The molecule has 0 aliphatic heterocycles. The summed E-state index contributed by atoms with van der Waals surface area (Å²) in [6.07, 6.45) is 2.98. The molecular formula is C25H34N2. The van der Waals surface area contributed by atoms with Crippen molar-refractivity contribution in [3.63, 3.8) is 0 Å². The molecule has 0 bridgehead atoms. The Morgan fingerprint density at radius 2 is 1.63 bits per heavy atom. The lowest BCUT2D eigenvalue weighted by molar-refractivity contribution is 0.563. The van der Waals surface area contributed by atoms with Gasteiger partial charge in [0.25, 0.3) is 0 Å². The lowest BCUT2D eigenvalue weighted by Gasteiger charge is -2.07. The van der Waals surface area contributed by atoms with Crippen LogP contribution >= 0.6 is 0 Å². The molecule has 0 aliphatic carbocycles. The van der Waals surface area contributed by atoms with E-state index in [4.69, 9.17) is 5.73 Å². The summed E-state index contributed by atoms with van der Waals surface area (Å²) in [6, 6.07) is 13.5. The molecule has 1 heterocycles. The molecule has 3 rings (SSSR count). The molecule has 3 aromatic rings. The summed E-state index contributed by atoms with van der Waals surface area (Å²) in [5.41, 5.74) is 14.6. The summed E-state index contributed by atoms with van der Waals surface area (Å²) < 4.78 is 0. The van der Waals surface area contributed by atoms with E-state index in [2.05, 4.69) is 82.6 Å². The molecule has 2 heteroatoms. The number of aromatic nitrogens is 1. The second kappa shape index (κ2) is 9.05. The first kappa shape index (κ1) is 21.0. The Kier molecular flexibility index (Phi) is 7.04. The van der Waals surface area contributed by atoms with Crippen LogP contribution in [0.3, 0.4) is 0 Å². The van der Waals surface area contributed by atoms with Crippen molar-refractivity contribution >= 4 is 10.9 Å². The summed E-state index contributed by atoms with van der Waals surface area (Å²) in [4.78, 5) is 3.60. The molecule has 2 aromatic carbocycles. The van der Waals surface area contributed by atoms with Gasteiger partial charge in [0.2, 0.25) is 0 Å². The summed E-state index contributed by atoms with van der Waals surface area (Å²) in [6.45, 7) is 16.4. The first-order chi connectivity index (χ1) is 12.7. The number of H-pyrrole nitrogens is 1. The van der Waals surface area contributed by atoms with Gasteiger partial charge in [0.05, 0.1) is 0 Å². The van der Waals surface area contributed by atoms with Gasteiger partial charge in [-0.25, -0.2) is 0 Å². The quantitative estimate of drug-likeness (QED) is 0.503. The second-order valence-corrected chi connectivity index (χ2v) is 7.92. The SMILES string of the molecule is C=CC(C)CC(C)N.Cc1ccc(-c2[nH]c3c(C)cc(C)cc3c2C)cc1. The van der Waals surface area contributed by atoms with E-state index in [1.807, 2.05) is 13.0 Å². The first-order valence-electron chi connectivity index (χ1n) is 9.77. The predicted octanol–water partition coefficient (Wildman–Crippen LogP) is 6.61. The minimum atomic E-state index is 0.308. The average molecular weight is 363 g/mol. The molecule has 27 heavy (non-hydrogen) atoms. The third-order valence-electron chi connectivity index (χ3n) is 5.00. The second-order valence-electron chi connectivity index (χ2n) is 7.92. The van der Waals surface area contributed by atoms with Crippen LogP contribution in [-0.2, 0) is 0 Å². The Bertz CT molecular complexity index is 898. The first-order valence-corrected chi connectivity index (χ1v) is 9.77. The zero-order chi connectivity index (χ0) is 20.1. The third-order valence-corrected chi connectivity index (χ3v) is 5.00. The van der Waals surface area contributed by atoms with E-state index in [1.165, 1.54) is 44.4 Å². The Morgan fingerprint density at radius 3 is 2.15 bits per heavy atom. The highest BCUT2D eigenvalue weighted by molar-refractivity contribution is 5.92. The molecule has 2 unspecified atom stereocenters. The number of aryl methyl sites for hydroxylation is 4. The van der Waals surface area contributed by atoms with Crippen LogP contribution in [0.2, 0.25) is 0 Å². The molecule has 2 atom stereocenters. The van der Waals surface area contributed by atoms with E-state index >= 15 is 0 Å². The lowest BCUT2D eigenvalue weighted by Crippen LogP contribution is -2.17. The smallest absolute Gasteiger partial charge is 0.0494 e. The molecule has 0 aliphatic rings. The Hall–Kier alpha value is -2.32. The number of rotatable bonds is 4. The largest absolute Gasteiger partial charge is 0.354 e. The number of nitrogens with two attached hydrogens (primary N) is 1. The maximum absolute atomic E-state index is 5.52. The van der Waals surface area contributed by atoms with Gasteiger partial charge >= 0.3 is 0 Å². The molecule has 0 fully saturated rings. The number of hydrogen-bond donors (Lipinski definition) is 2. The van der Waals surface area contributed by atoms with Crippen molar-refractivity contribution in [2.45, 2.75) is 54.0 Å². The van der Waals surface area contributed by atoms with Crippen molar-refractivity contribution in [3.8, 4) is 11.3 Å². The van der Waals surface area contributed by atoms with E-state index < -0.39 is 0 Å². The van der Waals surface area contributed by atoms with Gasteiger partial charge in [0.15, 0.2) is 0 Å². The van der Waals surface area contributed by atoms with Gasteiger partial charge in [0, 0.05) is 22.6 Å². The molecule has 1 aromatic heterocycles. The number of benzene rings is 2. The van der Waals surface area contributed by atoms with E-state index in [1.54, 1.807) is 0 Å². The fourth-order valence-electron chi connectivity index (χ4n) is 3.47. The number of nitrogens with one attached hydrogen (secondary N) is 1. The van der Waals surface area contributed by atoms with E-state index in [0.29, 0.717) is 12.0 Å². The molecule has 0 saturated heterocycles. The molecule has 0 radical (unpaired) electrons. The standard InChI is InChI=1S/C18H19N.C7H15N/c1-11-5-7-15(8-6-11)18-14(4)16-10-12(2)9-13(3)17(16)19-18;1-4-6(2)5-7(3)8/h5-10,19H,1-4H3;4,6-7H,1,5,8H2,2-3H3. The fourth-order valence-corrected chi connectivity index (χ4v) is 3.47. The molecule has 3 N–H and O–H groups in total. The van der Waals surface area contributed by atoms with Gasteiger partial charge in [-0.05, 0) is 69.7 Å². The monoisotopic (exact) mass is 362 g/mol. The van der Waals surface area contributed by atoms with Crippen LogP contribution in [0.1, 0.15) is 42.5 Å². The third kappa shape index (κ3) is 5.33. The number of aromatic amines is 1. The molecule has 144 valence electrons. The van der Waals surface area contributed by atoms with Crippen LogP contribution in [0.4, 0.5) is 0 Å². The van der Waals surface area contributed by atoms with Gasteiger partial charge in [-0.2, -0.15) is 0 Å². The number of fused-ring (bicyclic) bond motifs is 1. The minimum Gasteiger partial charge on any atom is -0.354 e. The van der Waals surface area contributed by atoms with Crippen molar-refractivity contribution < 1.29 is 0 Å². The summed E-state index contributed by atoms with van der Waals surface area (Å²) >= 11 is 0. The number of hydrogen-bond acceptors (Lipinski definition) is 1. The molecule has 0 spiro atoms. The summed E-state index contributed by atoms with van der Waals surface area (Å²) in [5.74, 6) is 0.565. The van der Waals surface area contributed by atoms with Crippen molar-refractivity contribution in [2.24, 2.45) is 11.7 Å². The molecule has 2 nitrogen and oxygen atoms in total. The van der Waals surface area contributed by atoms with E-state index in [0.717, 1.165) is 6.42 Å².